The minimum atomic E-state index is -5.08. The SMILES string of the molecule is CN(C)CCOC1C=C2C(=CN(C3CC3)C(C#N)=C2c2cccc(F)c2)CC1=O.O=C(O)C(F)(F)F. The van der Waals surface area contributed by atoms with Crippen molar-refractivity contribution < 1.29 is 37.0 Å². The molecule has 1 heterocycles. The molecule has 1 N–H and O–H groups in total. The number of ether oxygens (including phenoxy) is 1. The molecule has 0 bridgehead atoms. The van der Waals surface area contributed by atoms with Crippen molar-refractivity contribution in [2.24, 2.45) is 0 Å². The Morgan fingerprint density at radius 3 is 2.50 bits per heavy atom. The molecule has 3 aliphatic rings. The molecule has 1 aliphatic heterocycles. The number of alkyl halides is 3. The summed E-state index contributed by atoms with van der Waals surface area (Å²) >= 11 is 0. The van der Waals surface area contributed by atoms with Gasteiger partial charge in [-0.2, -0.15) is 18.4 Å². The van der Waals surface area contributed by atoms with Crippen LogP contribution in [0.1, 0.15) is 24.8 Å². The predicted octanol–water partition coefficient (Wildman–Crippen LogP) is 3.90. The molecule has 1 atom stereocenters. The number of benzene rings is 1. The first-order chi connectivity index (χ1) is 16.9. The van der Waals surface area contributed by atoms with Gasteiger partial charge in [-0.15, -0.1) is 0 Å². The maximum absolute atomic E-state index is 14.0. The number of Topliss-reactive ketones (excluding diaryl/α,β-unsaturated/α-hetero) is 1. The van der Waals surface area contributed by atoms with E-state index in [1.807, 2.05) is 36.2 Å². The lowest BCUT2D eigenvalue weighted by atomic mass is 9.81. The van der Waals surface area contributed by atoms with E-state index >= 15 is 0 Å². The van der Waals surface area contributed by atoms with Crippen LogP contribution in [0.25, 0.3) is 5.57 Å². The molecule has 2 aliphatic carbocycles. The third-order valence-corrected chi connectivity index (χ3v) is 5.64. The maximum atomic E-state index is 14.0. The predicted molar refractivity (Wildman–Crippen MR) is 122 cm³/mol. The Balaban J connectivity index is 0.000000454. The van der Waals surface area contributed by atoms with Crippen molar-refractivity contribution in [3.63, 3.8) is 0 Å². The van der Waals surface area contributed by atoms with Gasteiger partial charge in [0.2, 0.25) is 0 Å². The van der Waals surface area contributed by atoms with Crippen molar-refractivity contribution in [3.8, 4) is 6.07 Å². The van der Waals surface area contributed by atoms with E-state index < -0.39 is 18.2 Å². The lowest BCUT2D eigenvalue weighted by Crippen LogP contribution is -2.33. The van der Waals surface area contributed by atoms with E-state index in [4.69, 9.17) is 14.6 Å². The van der Waals surface area contributed by atoms with Crippen LogP contribution in [0.2, 0.25) is 0 Å². The summed E-state index contributed by atoms with van der Waals surface area (Å²) in [5.41, 5.74) is 3.51. The van der Waals surface area contributed by atoms with Crippen molar-refractivity contribution in [3.05, 3.63) is 64.8 Å². The standard InChI is InChI=1S/C23H24FN3O2.C2HF3O2/c1-26(2)8-9-29-22-12-19-16(11-21(22)28)14-27(18-6-7-18)20(13-25)23(19)15-4-3-5-17(24)10-15;3-2(4,5)1(6)7/h3-5,10,12,14,18,22H,6-9,11H2,1-2H3;(H,6,7). The number of likely N-dealkylation sites (N-methyl/N-ethyl adjacent to an activating group) is 1. The molecular formula is C25H25F4N3O4. The van der Waals surface area contributed by atoms with E-state index in [2.05, 4.69) is 6.07 Å². The Morgan fingerprint density at radius 2 is 1.97 bits per heavy atom. The molecule has 1 unspecified atom stereocenters. The Kier molecular flexibility index (Phi) is 8.32. The number of rotatable bonds is 6. The highest BCUT2D eigenvalue weighted by Crippen LogP contribution is 2.44. The van der Waals surface area contributed by atoms with Gasteiger partial charge in [-0.1, -0.05) is 12.1 Å². The minimum Gasteiger partial charge on any atom is -0.475 e. The van der Waals surface area contributed by atoms with E-state index in [0.717, 1.165) is 24.0 Å². The maximum Gasteiger partial charge on any atom is 0.490 e. The fraction of sp³-hybridized carbons (Fsp3) is 0.400. The van der Waals surface area contributed by atoms with Gasteiger partial charge in [0.05, 0.1) is 6.61 Å². The Hall–Kier alpha value is -3.49. The first kappa shape index (κ1) is 27.1. The number of aliphatic carboxylic acids is 1. The second-order valence-electron chi connectivity index (χ2n) is 8.76. The molecule has 11 heteroatoms. The Bertz CT molecular complexity index is 1160. The number of hydrogen-bond acceptors (Lipinski definition) is 6. The average molecular weight is 507 g/mol. The molecule has 1 aromatic rings. The number of carboxylic acids is 1. The van der Waals surface area contributed by atoms with E-state index in [0.29, 0.717) is 30.0 Å². The van der Waals surface area contributed by atoms with Crippen LogP contribution in [0.4, 0.5) is 17.6 Å². The molecule has 0 radical (unpaired) electrons. The van der Waals surface area contributed by atoms with Crippen molar-refractivity contribution >= 4 is 17.3 Å². The minimum absolute atomic E-state index is 0.00787. The van der Waals surface area contributed by atoms with Crippen LogP contribution in [0.5, 0.6) is 0 Å². The van der Waals surface area contributed by atoms with Crippen LogP contribution < -0.4 is 0 Å². The number of allylic oxidation sites excluding steroid dienone is 4. The highest BCUT2D eigenvalue weighted by atomic mass is 19.4. The second kappa shape index (κ2) is 11.1. The molecule has 0 saturated heterocycles. The van der Waals surface area contributed by atoms with Gasteiger partial charge in [-0.05, 0) is 61.9 Å². The number of carbonyl (C=O) groups excluding carboxylic acids is 1. The van der Waals surface area contributed by atoms with E-state index in [9.17, 15) is 27.6 Å². The van der Waals surface area contributed by atoms with Gasteiger partial charge >= 0.3 is 12.1 Å². The Morgan fingerprint density at radius 1 is 1.31 bits per heavy atom. The molecule has 0 amide bonds. The summed E-state index contributed by atoms with van der Waals surface area (Å²) in [6.45, 7) is 1.14. The monoisotopic (exact) mass is 507 g/mol. The summed E-state index contributed by atoms with van der Waals surface area (Å²) in [7, 11) is 3.89. The topological polar surface area (TPSA) is 93.9 Å². The molecule has 1 fully saturated rings. The summed E-state index contributed by atoms with van der Waals surface area (Å²) in [6, 6.07) is 8.88. The second-order valence-corrected chi connectivity index (χ2v) is 8.76. The number of halogens is 4. The number of hydrogen-bond donors (Lipinski definition) is 1. The third kappa shape index (κ3) is 6.59. The fourth-order valence-electron chi connectivity index (χ4n) is 3.78. The number of nitrogens with zero attached hydrogens (tertiary/aromatic N) is 3. The molecule has 1 aromatic carbocycles. The van der Waals surface area contributed by atoms with Crippen LogP contribution in [0.15, 0.2) is 53.4 Å². The van der Waals surface area contributed by atoms with E-state index in [1.165, 1.54) is 12.1 Å². The lowest BCUT2D eigenvalue weighted by molar-refractivity contribution is -0.192. The van der Waals surface area contributed by atoms with Crippen LogP contribution in [0.3, 0.4) is 0 Å². The van der Waals surface area contributed by atoms with Gasteiger partial charge in [-0.3, -0.25) is 4.79 Å². The number of carbonyl (C=O) groups is 2. The van der Waals surface area contributed by atoms with Crippen LogP contribution >= 0.6 is 0 Å². The average Bonchev–Trinajstić information content (AvgIpc) is 3.63. The normalized spacial score (nSPS) is 19.7. The smallest absolute Gasteiger partial charge is 0.475 e. The lowest BCUT2D eigenvalue weighted by Gasteiger charge is -2.34. The quantitative estimate of drug-likeness (QED) is 0.584. The summed E-state index contributed by atoms with van der Waals surface area (Å²) in [4.78, 5) is 25.5. The van der Waals surface area contributed by atoms with Crippen molar-refractivity contribution in [2.45, 2.75) is 37.6 Å². The molecular weight excluding hydrogens is 482 g/mol. The van der Waals surface area contributed by atoms with Crippen molar-refractivity contribution in [1.29, 1.82) is 5.26 Å². The van der Waals surface area contributed by atoms with E-state index in [-0.39, 0.29) is 24.1 Å². The molecule has 7 nitrogen and oxygen atoms in total. The highest BCUT2D eigenvalue weighted by Gasteiger charge is 2.39. The summed E-state index contributed by atoms with van der Waals surface area (Å²) in [5.74, 6) is -3.10. The van der Waals surface area contributed by atoms with Crippen LogP contribution in [0, 0.1) is 17.1 Å². The molecule has 0 aromatic heterocycles. The summed E-state index contributed by atoms with van der Waals surface area (Å²) in [6.07, 6.45) is 0.259. The molecule has 1 saturated carbocycles. The van der Waals surface area contributed by atoms with Gasteiger partial charge in [0.15, 0.2) is 5.78 Å². The Labute approximate surface area is 205 Å². The fourth-order valence-corrected chi connectivity index (χ4v) is 3.78. The van der Waals surface area contributed by atoms with E-state index in [1.54, 1.807) is 12.1 Å². The van der Waals surface area contributed by atoms with Gasteiger partial charge in [-0.25, -0.2) is 9.18 Å². The highest BCUT2D eigenvalue weighted by molar-refractivity contribution is 5.98. The van der Waals surface area contributed by atoms with Crippen LogP contribution in [-0.2, 0) is 14.3 Å². The van der Waals surface area contributed by atoms with Crippen molar-refractivity contribution in [1.82, 2.24) is 9.80 Å². The van der Waals surface area contributed by atoms with Gasteiger partial charge in [0.25, 0.3) is 0 Å². The van der Waals surface area contributed by atoms with Crippen molar-refractivity contribution in [2.75, 3.05) is 27.2 Å². The van der Waals surface area contributed by atoms with Gasteiger partial charge in [0, 0.05) is 30.8 Å². The number of ketones is 1. The number of nitriles is 1. The zero-order valence-corrected chi connectivity index (χ0v) is 19.7. The molecule has 192 valence electrons. The van der Waals surface area contributed by atoms with Gasteiger partial charge in [0.1, 0.15) is 23.7 Å². The summed E-state index contributed by atoms with van der Waals surface area (Å²) in [5, 5.41) is 17.1. The molecule has 36 heavy (non-hydrogen) atoms. The van der Waals surface area contributed by atoms with Crippen LogP contribution in [-0.4, -0.2) is 72.2 Å². The third-order valence-electron chi connectivity index (χ3n) is 5.64. The van der Waals surface area contributed by atoms with Gasteiger partial charge < -0.3 is 19.6 Å². The molecule has 0 spiro atoms. The largest absolute Gasteiger partial charge is 0.490 e. The number of carboxylic acid groups (broad SMARTS) is 1. The zero-order valence-electron chi connectivity index (χ0n) is 19.7. The zero-order chi connectivity index (χ0) is 26.6. The first-order valence-corrected chi connectivity index (χ1v) is 11.1. The summed E-state index contributed by atoms with van der Waals surface area (Å²) < 4.78 is 51.6. The first-order valence-electron chi connectivity index (χ1n) is 11.1. The number of fused-ring (bicyclic) bond motifs is 1. The molecule has 4 rings (SSSR count).